The van der Waals surface area contributed by atoms with Gasteiger partial charge in [0.05, 0.1) is 10.9 Å². The van der Waals surface area contributed by atoms with E-state index in [1.165, 1.54) is 30.5 Å². The summed E-state index contributed by atoms with van der Waals surface area (Å²) in [5.41, 5.74) is 2.15. The van der Waals surface area contributed by atoms with E-state index in [0.29, 0.717) is 5.69 Å². The molecule has 31 heavy (non-hydrogen) atoms. The highest BCUT2D eigenvalue weighted by atomic mass is 32.2. The Morgan fingerprint density at radius 3 is 1.87 bits per heavy atom. The van der Waals surface area contributed by atoms with E-state index in [4.69, 9.17) is 5.14 Å². The average Bonchev–Trinajstić information content (AvgIpc) is 2.78. The van der Waals surface area contributed by atoms with Gasteiger partial charge in [0.1, 0.15) is 11.6 Å². The van der Waals surface area contributed by atoms with Crippen LogP contribution in [0.1, 0.15) is 17.2 Å². The molecule has 0 heterocycles. The predicted octanol–water partition coefficient (Wildman–Crippen LogP) is 3.06. The van der Waals surface area contributed by atoms with Crippen LogP contribution in [0.15, 0.2) is 102 Å². The highest BCUT2D eigenvalue weighted by molar-refractivity contribution is 7.89. The van der Waals surface area contributed by atoms with E-state index in [1.54, 1.807) is 0 Å². The summed E-state index contributed by atoms with van der Waals surface area (Å²) in [6.07, 6.45) is 1.37. The summed E-state index contributed by atoms with van der Waals surface area (Å²) >= 11 is 0. The van der Waals surface area contributed by atoms with Crippen LogP contribution in [0.5, 0.6) is 0 Å². The summed E-state index contributed by atoms with van der Waals surface area (Å²) in [7, 11) is -3.83. The summed E-state index contributed by atoms with van der Waals surface area (Å²) in [5, 5.41) is 20.3. The smallest absolute Gasteiger partial charge is 0.267 e. The molecule has 0 fully saturated rings. The molecule has 0 radical (unpaired) electrons. The lowest BCUT2D eigenvalue weighted by Crippen LogP contribution is -2.21. The second-order valence-corrected chi connectivity index (χ2v) is 8.18. The Balaban J connectivity index is 1.79. The zero-order valence-electron chi connectivity index (χ0n) is 16.4. The molecule has 4 N–H and O–H groups in total. The second kappa shape index (κ2) is 9.71. The molecule has 3 rings (SSSR count). The van der Waals surface area contributed by atoms with Gasteiger partial charge in [0.25, 0.3) is 5.91 Å². The highest BCUT2D eigenvalue weighted by Gasteiger charge is 2.15. The molecule has 7 nitrogen and oxygen atoms in total. The number of benzene rings is 3. The summed E-state index contributed by atoms with van der Waals surface area (Å²) in [6.45, 7) is 0. The monoisotopic (exact) mass is 432 g/mol. The fourth-order valence-electron chi connectivity index (χ4n) is 2.92. The Kier molecular flexibility index (Phi) is 6.82. The number of hydrogen-bond acceptors (Lipinski definition) is 5. The Morgan fingerprint density at radius 1 is 0.903 bits per heavy atom. The van der Waals surface area contributed by atoms with Gasteiger partial charge in [-0.25, -0.2) is 13.6 Å². The Labute approximate surface area is 180 Å². The van der Waals surface area contributed by atoms with E-state index in [-0.39, 0.29) is 16.5 Å². The van der Waals surface area contributed by atoms with Crippen molar-refractivity contribution < 1.29 is 13.2 Å². The van der Waals surface area contributed by atoms with Crippen LogP contribution in [0.3, 0.4) is 0 Å². The quantitative estimate of drug-likeness (QED) is 0.391. The third-order valence-corrected chi connectivity index (χ3v) is 5.40. The summed E-state index contributed by atoms with van der Waals surface area (Å²) in [4.78, 5) is 12.5. The van der Waals surface area contributed by atoms with E-state index >= 15 is 0 Å². The van der Waals surface area contributed by atoms with E-state index < -0.39 is 15.9 Å². The van der Waals surface area contributed by atoms with Crippen molar-refractivity contribution in [2.75, 3.05) is 5.32 Å². The number of amides is 1. The standard InChI is InChI=1S/C23H20N4O3S/c24-15-19(23(28)27-20-11-13-21(14-12-20)31(25,29)30)16-26-22(17-7-3-1-4-8-17)18-9-5-2-6-10-18/h1-14,16,22,26H,(H,27,28)(H2,25,29,30)/b19-16-. The lowest BCUT2D eigenvalue weighted by Gasteiger charge is -2.19. The van der Waals surface area contributed by atoms with Crippen molar-refractivity contribution in [3.63, 3.8) is 0 Å². The van der Waals surface area contributed by atoms with Crippen LogP contribution >= 0.6 is 0 Å². The summed E-state index contributed by atoms with van der Waals surface area (Å²) in [5.74, 6) is -0.627. The molecule has 1 amide bonds. The number of sulfonamides is 1. The van der Waals surface area contributed by atoms with Gasteiger partial charge in [-0.3, -0.25) is 4.79 Å². The molecule has 0 bridgehead atoms. The molecule has 156 valence electrons. The number of primary sulfonamides is 1. The number of nitrogens with two attached hydrogens (primary N) is 1. The van der Waals surface area contributed by atoms with Gasteiger partial charge in [0, 0.05) is 11.9 Å². The fourth-order valence-corrected chi connectivity index (χ4v) is 3.43. The van der Waals surface area contributed by atoms with Crippen LogP contribution in [-0.4, -0.2) is 14.3 Å². The number of rotatable bonds is 7. The maximum Gasteiger partial charge on any atom is 0.267 e. The average molecular weight is 433 g/mol. The third kappa shape index (κ3) is 5.79. The van der Waals surface area contributed by atoms with Crippen molar-refractivity contribution >= 4 is 21.6 Å². The van der Waals surface area contributed by atoms with Gasteiger partial charge in [0.2, 0.25) is 10.0 Å². The molecule has 0 aliphatic heterocycles. The molecule has 0 unspecified atom stereocenters. The van der Waals surface area contributed by atoms with Crippen molar-refractivity contribution in [1.82, 2.24) is 5.32 Å². The van der Waals surface area contributed by atoms with Crippen LogP contribution in [0.2, 0.25) is 0 Å². The van der Waals surface area contributed by atoms with Gasteiger partial charge in [-0.2, -0.15) is 5.26 Å². The minimum atomic E-state index is -3.83. The lowest BCUT2D eigenvalue weighted by molar-refractivity contribution is -0.112. The largest absolute Gasteiger partial charge is 0.379 e. The van der Waals surface area contributed by atoms with E-state index in [9.17, 15) is 18.5 Å². The first kappa shape index (κ1) is 21.8. The Morgan fingerprint density at radius 2 is 1.42 bits per heavy atom. The van der Waals surface area contributed by atoms with Crippen LogP contribution in [0.25, 0.3) is 0 Å². The normalized spacial score (nSPS) is 11.6. The lowest BCUT2D eigenvalue weighted by atomic mass is 9.99. The van der Waals surface area contributed by atoms with Gasteiger partial charge >= 0.3 is 0 Å². The summed E-state index contributed by atoms with van der Waals surface area (Å²) < 4.78 is 22.7. The number of carbonyl (C=O) groups excluding carboxylic acids is 1. The van der Waals surface area contributed by atoms with Gasteiger partial charge in [0.15, 0.2) is 0 Å². The maximum absolute atomic E-state index is 12.5. The molecule has 0 aromatic heterocycles. The Bertz CT molecular complexity index is 1180. The molecular weight excluding hydrogens is 412 g/mol. The molecule has 3 aromatic carbocycles. The number of nitriles is 1. The van der Waals surface area contributed by atoms with Crippen molar-refractivity contribution in [3.8, 4) is 6.07 Å². The minimum Gasteiger partial charge on any atom is -0.379 e. The zero-order chi connectivity index (χ0) is 22.3. The topological polar surface area (TPSA) is 125 Å². The first-order valence-electron chi connectivity index (χ1n) is 9.29. The van der Waals surface area contributed by atoms with Crippen molar-refractivity contribution in [2.45, 2.75) is 10.9 Å². The molecule has 0 aliphatic rings. The molecule has 0 saturated carbocycles. The number of anilines is 1. The number of hydrogen-bond donors (Lipinski definition) is 3. The highest BCUT2D eigenvalue weighted by Crippen LogP contribution is 2.22. The van der Waals surface area contributed by atoms with E-state index in [2.05, 4.69) is 10.6 Å². The fraction of sp³-hybridized carbons (Fsp3) is 0.0435. The molecule has 0 saturated heterocycles. The van der Waals surface area contributed by atoms with E-state index in [1.807, 2.05) is 66.7 Å². The predicted molar refractivity (Wildman–Crippen MR) is 118 cm³/mol. The van der Waals surface area contributed by atoms with Crippen LogP contribution < -0.4 is 15.8 Å². The molecule has 3 aromatic rings. The van der Waals surface area contributed by atoms with Crippen LogP contribution in [0, 0.1) is 11.3 Å². The summed E-state index contributed by atoms with van der Waals surface area (Å²) in [6, 6.07) is 26.3. The Hall–Kier alpha value is -3.93. The van der Waals surface area contributed by atoms with Crippen LogP contribution in [-0.2, 0) is 14.8 Å². The SMILES string of the molecule is N#C/C(=C/NC(c1ccccc1)c1ccccc1)C(=O)Nc1ccc(S(N)(=O)=O)cc1. The van der Waals surface area contributed by atoms with Gasteiger partial charge in [-0.1, -0.05) is 60.7 Å². The second-order valence-electron chi connectivity index (χ2n) is 6.61. The van der Waals surface area contributed by atoms with Crippen molar-refractivity contribution in [2.24, 2.45) is 5.14 Å². The van der Waals surface area contributed by atoms with Gasteiger partial charge in [-0.15, -0.1) is 0 Å². The molecular formula is C23H20N4O3S. The third-order valence-electron chi connectivity index (χ3n) is 4.47. The maximum atomic E-state index is 12.5. The molecule has 0 spiro atoms. The molecule has 0 aliphatic carbocycles. The molecule has 8 heteroatoms. The van der Waals surface area contributed by atoms with Crippen LogP contribution in [0.4, 0.5) is 5.69 Å². The van der Waals surface area contributed by atoms with E-state index in [0.717, 1.165) is 11.1 Å². The van der Waals surface area contributed by atoms with Crippen molar-refractivity contribution in [3.05, 3.63) is 108 Å². The number of nitrogens with zero attached hydrogens (tertiary/aromatic N) is 1. The minimum absolute atomic E-state index is 0.0724. The van der Waals surface area contributed by atoms with Gasteiger partial charge in [-0.05, 0) is 35.4 Å². The number of carbonyl (C=O) groups is 1. The van der Waals surface area contributed by atoms with Crippen molar-refractivity contribution in [1.29, 1.82) is 5.26 Å². The zero-order valence-corrected chi connectivity index (χ0v) is 17.2. The first-order chi connectivity index (χ1) is 14.9. The molecule has 0 atom stereocenters. The first-order valence-corrected chi connectivity index (χ1v) is 10.8. The van der Waals surface area contributed by atoms with Gasteiger partial charge < -0.3 is 10.6 Å². The number of nitrogens with one attached hydrogen (secondary N) is 2.